The fourth-order valence-corrected chi connectivity index (χ4v) is 2.71. The lowest BCUT2D eigenvalue weighted by molar-refractivity contribution is 0.651. The van der Waals surface area contributed by atoms with E-state index in [4.69, 9.17) is 0 Å². The van der Waals surface area contributed by atoms with E-state index in [0.29, 0.717) is 5.92 Å². The van der Waals surface area contributed by atoms with Gasteiger partial charge in [0.15, 0.2) is 0 Å². The van der Waals surface area contributed by atoms with E-state index in [1.54, 1.807) is 5.57 Å². The van der Waals surface area contributed by atoms with Gasteiger partial charge in [0.2, 0.25) is 0 Å². The fraction of sp³-hybridized carbons (Fsp3) is 0.250. The molecule has 0 heterocycles. The van der Waals surface area contributed by atoms with Crippen molar-refractivity contribution >= 4 is 6.08 Å². The largest absolute Gasteiger partial charge is 0.0811 e. The van der Waals surface area contributed by atoms with E-state index in [9.17, 15) is 0 Å². The number of benzene rings is 1. The van der Waals surface area contributed by atoms with Gasteiger partial charge in [-0.1, -0.05) is 66.3 Å². The molecular weight excluding hydrogens is 192 g/mol. The summed E-state index contributed by atoms with van der Waals surface area (Å²) in [6, 6.07) is 10.7. The molecule has 1 aromatic carbocycles. The average molecular weight is 208 g/mol. The van der Waals surface area contributed by atoms with Gasteiger partial charge in [-0.2, -0.15) is 0 Å². The maximum atomic E-state index is 2.37. The molecule has 16 heavy (non-hydrogen) atoms. The summed E-state index contributed by atoms with van der Waals surface area (Å²) >= 11 is 0. The molecular formula is C16H16. The molecule has 0 aromatic heterocycles. The highest BCUT2D eigenvalue weighted by Gasteiger charge is 2.26. The van der Waals surface area contributed by atoms with Crippen LogP contribution in [0.3, 0.4) is 0 Å². The summed E-state index contributed by atoms with van der Waals surface area (Å²) in [6.07, 6.45) is 14.0. The molecule has 0 amide bonds. The second kappa shape index (κ2) is 4.13. The van der Waals surface area contributed by atoms with Crippen molar-refractivity contribution in [3.63, 3.8) is 0 Å². The van der Waals surface area contributed by atoms with Crippen molar-refractivity contribution in [2.24, 2.45) is 11.8 Å². The second-order valence-corrected chi connectivity index (χ2v) is 4.71. The van der Waals surface area contributed by atoms with Crippen molar-refractivity contribution in [2.75, 3.05) is 0 Å². The number of hydrogen-bond acceptors (Lipinski definition) is 0. The first-order valence-electron chi connectivity index (χ1n) is 6.02. The summed E-state index contributed by atoms with van der Waals surface area (Å²) in [5, 5.41) is 0. The molecule has 2 atom stereocenters. The molecule has 0 N–H and O–H groups in total. The van der Waals surface area contributed by atoms with Crippen molar-refractivity contribution in [2.45, 2.75) is 12.8 Å². The molecule has 2 bridgehead atoms. The Morgan fingerprint density at radius 3 is 2.69 bits per heavy atom. The van der Waals surface area contributed by atoms with E-state index in [1.165, 1.54) is 18.4 Å². The predicted octanol–water partition coefficient (Wildman–Crippen LogP) is 4.22. The van der Waals surface area contributed by atoms with Crippen LogP contribution in [0.2, 0.25) is 0 Å². The lowest BCUT2D eigenvalue weighted by Crippen LogP contribution is -1.90. The summed E-state index contributed by atoms with van der Waals surface area (Å²) in [5.41, 5.74) is 2.93. The SMILES string of the molecule is C1=C[C@@H]2C/C(=C/c3ccccc3)[C@H](C=C1)C2. The van der Waals surface area contributed by atoms with E-state index < -0.39 is 0 Å². The number of allylic oxidation sites excluding steroid dienone is 5. The van der Waals surface area contributed by atoms with Crippen LogP contribution in [-0.2, 0) is 0 Å². The molecule has 2 aliphatic carbocycles. The van der Waals surface area contributed by atoms with Gasteiger partial charge in [-0.05, 0) is 30.2 Å². The molecule has 2 aliphatic rings. The maximum Gasteiger partial charge on any atom is -0.00109 e. The minimum absolute atomic E-state index is 0.667. The lowest BCUT2D eigenvalue weighted by Gasteiger charge is -2.06. The predicted molar refractivity (Wildman–Crippen MR) is 68.9 cm³/mol. The van der Waals surface area contributed by atoms with Crippen molar-refractivity contribution in [3.8, 4) is 0 Å². The Bertz CT molecular complexity index is 448. The van der Waals surface area contributed by atoms with Gasteiger partial charge in [0.1, 0.15) is 0 Å². The Hall–Kier alpha value is -1.56. The molecule has 1 saturated carbocycles. The smallest absolute Gasteiger partial charge is 0.00109 e. The van der Waals surface area contributed by atoms with Gasteiger partial charge in [0.05, 0.1) is 0 Å². The molecule has 0 radical (unpaired) electrons. The van der Waals surface area contributed by atoms with E-state index in [0.717, 1.165) is 5.92 Å². The van der Waals surface area contributed by atoms with Crippen molar-refractivity contribution in [3.05, 3.63) is 65.8 Å². The Morgan fingerprint density at radius 1 is 1.00 bits per heavy atom. The standard InChI is InChI=1S/C16H16/c1-2-6-13(7-3-1)10-16-12-14-8-4-5-9-15(16)11-14/h1-10,14-15H,11-12H2/b16-10-/t14-,15+/m0/s1. The Balaban J connectivity index is 1.89. The van der Waals surface area contributed by atoms with Gasteiger partial charge in [0, 0.05) is 0 Å². The van der Waals surface area contributed by atoms with Gasteiger partial charge in [-0.25, -0.2) is 0 Å². The first-order chi connectivity index (χ1) is 7.92. The summed E-state index contributed by atoms with van der Waals surface area (Å²) < 4.78 is 0. The van der Waals surface area contributed by atoms with Gasteiger partial charge in [0.25, 0.3) is 0 Å². The van der Waals surface area contributed by atoms with Crippen LogP contribution < -0.4 is 0 Å². The van der Waals surface area contributed by atoms with Gasteiger partial charge in [-0.15, -0.1) is 0 Å². The Kier molecular flexibility index (Phi) is 2.49. The zero-order valence-electron chi connectivity index (χ0n) is 9.34. The molecule has 0 spiro atoms. The molecule has 0 saturated heterocycles. The van der Waals surface area contributed by atoms with E-state index in [1.807, 2.05) is 0 Å². The minimum atomic E-state index is 0.667. The highest BCUT2D eigenvalue weighted by molar-refractivity contribution is 5.55. The molecule has 3 rings (SSSR count). The van der Waals surface area contributed by atoms with Gasteiger partial charge >= 0.3 is 0 Å². The van der Waals surface area contributed by atoms with Crippen LogP contribution in [0.25, 0.3) is 6.08 Å². The Morgan fingerprint density at radius 2 is 1.81 bits per heavy atom. The third kappa shape index (κ3) is 1.88. The first kappa shape index (κ1) is 9.65. The fourth-order valence-electron chi connectivity index (χ4n) is 2.71. The maximum absolute atomic E-state index is 2.37. The highest BCUT2D eigenvalue weighted by atomic mass is 14.3. The van der Waals surface area contributed by atoms with Gasteiger partial charge < -0.3 is 0 Å². The van der Waals surface area contributed by atoms with Crippen molar-refractivity contribution in [1.29, 1.82) is 0 Å². The quantitative estimate of drug-likeness (QED) is 0.648. The summed E-state index contributed by atoms with van der Waals surface area (Å²) in [4.78, 5) is 0. The monoisotopic (exact) mass is 208 g/mol. The van der Waals surface area contributed by atoms with Crippen LogP contribution in [0.1, 0.15) is 18.4 Å². The van der Waals surface area contributed by atoms with E-state index >= 15 is 0 Å². The molecule has 80 valence electrons. The summed E-state index contributed by atoms with van der Waals surface area (Å²) in [6.45, 7) is 0. The van der Waals surface area contributed by atoms with Crippen LogP contribution in [0, 0.1) is 11.8 Å². The van der Waals surface area contributed by atoms with Crippen molar-refractivity contribution < 1.29 is 0 Å². The van der Waals surface area contributed by atoms with Crippen LogP contribution >= 0.6 is 0 Å². The van der Waals surface area contributed by atoms with Crippen molar-refractivity contribution in [1.82, 2.24) is 0 Å². The number of rotatable bonds is 1. The van der Waals surface area contributed by atoms with Gasteiger partial charge in [-0.3, -0.25) is 0 Å². The molecule has 1 aromatic rings. The summed E-state index contributed by atoms with van der Waals surface area (Å²) in [5.74, 6) is 1.43. The van der Waals surface area contributed by atoms with Crippen LogP contribution in [0.5, 0.6) is 0 Å². The third-order valence-electron chi connectivity index (χ3n) is 3.52. The molecule has 0 aliphatic heterocycles. The topological polar surface area (TPSA) is 0 Å². The second-order valence-electron chi connectivity index (χ2n) is 4.71. The third-order valence-corrected chi connectivity index (χ3v) is 3.52. The zero-order chi connectivity index (χ0) is 10.8. The first-order valence-corrected chi connectivity index (χ1v) is 6.02. The Labute approximate surface area is 97.0 Å². The number of fused-ring (bicyclic) bond motifs is 2. The molecule has 0 heteroatoms. The van der Waals surface area contributed by atoms with E-state index in [2.05, 4.69) is 60.7 Å². The average Bonchev–Trinajstić information content (AvgIpc) is 2.53. The summed E-state index contributed by atoms with van der Waals surface area (Å²) in [7, 11) is 0. The highest BCUT2D eigenvalue weighted by Crippen LogP contribution is 2.39. The van der Waals surface area contributed by atoms with E-state index in [-0.39, 0.29) is 0 Å². The minimum Gasteiger partial charge on any atom is -0.0811 e. The van der Waals surface area contributed by atoms with Crippen LogP contribution in [-0.4, -0.2) is 0 Å². The normalized spacial score (nSPS) is 29.6. The van der Waals surface area contributed by atoms with Crippen LogP contribution in [0.4, 0.5) is 0 Å². The zero-order valence-corrected chi connectivity index (χ0v) is 9.34. The lowest BCUT2D eigenvalue weighted by atomic mass is 9.99. The molecule has 0 nitrogen and oxygen atoms in total. The molecule has 0 unspecified atom stereocenters. The molecule has 1 fully saturated rings. The van der Waals surface area contributed by atoms with Crippen LogP contribution in [0.15, 0.2) is 60.2 Å². The number of hydrogen-bond donors (Lipinski definition) is 0.